The van der Waals surface area contributed by atoms with Crippen molar-refractivity contribution in [3.05, 3.63) is 53.0 Å². The third-order valence-corrected chi connectivity index (χ3v) is 3.49. The fraction of sp³-hybridized carbons (Fsp3) is 0.267. The lowest BCUT2D eigenvalue weighted by atomic mass is 10.1. The van der Waals surface area contributed by atoms with E-state index in [0.29, 0.717) is 12.4 Å². The number of carboxylic acid groups (broad SMARTS) is 1. The molecule has 0 fully saturated rings. The molecule has 0 atom stereocenters. The van der Waals surface area contributed by atoms with Crippen LogP contribution in [0.2, 0.25) is 0 Å². The van der Waals surface area contributed by atoms with E-state index in [-0.39, 0.29) is 5.56 Å². The molecule has 5 heteroatoms. The summed E-state index contributed by atoms with van der Waals surface area (Å²) in [6, 6.07) is 5.54. The van der Waals surface area contributed by atoms with E-state index in [1.54, 1.807) is 18.5 Å². The highest BCUT2D eigenvalue weighted by Gasteiger charge is 2.19. The Morgan fingerprint density at radius 3 is 2.85 bits per heavy atom. The molecule has 3 rings (SSSR count). The number of fused-ring (bicyclic) bond motifs is 1. The van der Waals surface area contributed by atoms with Crippen molar-refractivity contribution in [2.45, 2.75) is 25.8 Å². The second-order valence-electron chi connectivity index (χ2n) is 4.86. The van der Waals surface area contributed by atoms with Gasteiger partial charge in [-0.2, -0.15) is 0 Å². The Hall–Kier alpha value is -2.43. The Morgan fingerprint density at radius 1 is 1.30 bits per heavy atom. The number of aromatic nitrogens is 2. The predicted octanol–water partition coefficient (Wildman–Crippen LogP) is 2.28. The highest BCUT2D eigenvalue weighted by atomic mass is 16.4. The minimum atomic E-state index is -0.940. The van der Waals surface area contributed by atoms with Gasteiger partial charge in [-0.25, -0.2) is 9.78 Å². The van der Waals surface area contributed by atoms with Crippen molar-refractivity contribution in [2.24, 2.45) is 0 Å². The third kappa shape index (κ3) is 2.47. The summed E-state index contributed by atoms with van der Waals surface area (Å²) in [7, 11) is 0. The molecule has 5 nitrogen and oxygen atoms in total. The van der Waals surface area contributed by atoms with Crippen LogP contribution in [-0.2, 0) is 19.4 Å². The molecule has 2 heterocycles. The molecule has 2 aromatic heterocycles. The Kier molecular flexibility index (Phi) is 3.33. The Balaban J connectivity index is 1.86. The number of aromatic carboxylic acids is 1. The zero-order chi connectivity index (χ0) is 13.9. The van der Waals surface area contributed by atoms with Crippen molar-refractivity contribution in [1.29, 1.82) is 0 Å². The number of nitrogens with one attached hydrogen (secondary N) is 1. The lowest BCUT2D eigenvalue weighted by Gasteiger charge is -2.11. The van der Waals surface area contributed by atoms with Crippen LogP contribution in [0.3, 0.4) is 0 Å². The van der Waals surface area contributed by atoms with E-state index in [9.17, 15) is 9.90 Å². The van der Waals surface area contributed by atoms with Crippen LogP contribution >= 0.6 is 0 Å². The predicted molar refractivity (Wildman–Crippen MR) is 74.8 cm³/mol. The van der Waals surface area contributed by atoms with Crippen LogP contribution in [0, 0.1) is 0 Å². The molecule has 102 valence electrons. The molecule has 2 aromatic rings. The molecule has 0 saturated carbocycles. The van der Waals surface area contributed by atoms with Gasteiger partial charge in [0.15, 0.2) is 0 Å². The molecule has 0 aromatic carbocycles. The first-order chi connectivity index (χ1) is 9.74. The van der Waals surface area contributed by atoms with Gasteiger partial charge in [-0.3, -0.25) is 4.98 Å². The normalized spacial score (nSPS) is 13.0. The highest BCUT2D eigenvalue weighted by molar-refractivity contribution is 5.93. The zero-order valence-corrected chi connectivity index (χ0v) is 11.0. The van der Waals surface area contributed by atoms with Gasteiger partial charge in [0.25, 0.3) is 0 Å². The van der Waals surface area contributed by atoms with Gasteiger partial charge >= 0.3 is 5.97 Å². The van der Waals surface area contributed by atoms with Gasteiger partial charge in [0.1, 0.15) is 11.4 Å². The van der Waals surface area contributed by atoms with Gasteiger partial charge in [0.05, 0.1) is 0 Å². The van der Waals surface area contributed by atoms with E-state index in [4.69, 9.17) is 0 Å². The monoisotopic (exact) mass is 269 g/mol. The highest BCUT2D eigenvalue weighted by Crippen LogP contribution is 2.25. The maximum atomic E-state index is 11.3. The maximum absolute atomic E-state index is 11.3. The van der Waals surface area contributed by atoms with Crippen LogP contribution < -0.4 is 5.32 Å². The molecule has 0 unspecified atom stereocenters. The lowest BCUT2D eigenvalue weighted by Crippen LogP contribution is -2.10. The smallest absolute Gasteiger partial charge is 0.339 e. The van der Waals surface area contributed by atoms with Crippen molar-refractivity contribution in [3.8, 4) is 0 Å². The molecule has 0 spiro atoms. The Labute approximate surface area is 116 Å². The number of pyridine rings is 2. The molecule has 0 amide bonds. The van der Waals surface area contributed by atoms with E-state index < -0.39 is 5.97 Å². The van der Waals surface area contributed by atoms with Crippen LogP contribution in [0.5, 0.6) is 0 Å². The molecule has 1 aliphatic carbocycles. The first kappa shape index (κ1) is 12.6. The van der Waals surface area contributed by atoms with Gasteiger partial charge < -0.3 is 10.4 Å². The summed E-state index contributed by atoms with van der Waals surface area (Å²) in [4.78, 5) is 19.8. The number of rotatable bonds is 4. The SMILES string of the molecule is O=C(O)c1cc2c(nc1NCc1ccncc1)CCC2. The molecule has 0 aliphatic heterocycles. The molecule has 0 saturated heterocycles. The molecule has 1 aliphatic rings. The molecular weight excluding hydrogens is 254 g/mol. The zero-order valence-electron chi connectivity index (χ0n) is 11.0. The van der Waals surface area contributed by atoms with Gasteiger partial charge in [0, 0.05) is 24.6 Å². The summed E-state index contributed by atoms with van der Waals surface area (Å²) in [5.74, 6) is -0.487. The topological polar surface area (TPSA) is 75.1 Å². The summed E-state index contributed by atoms with van der Waals surface area (Å²) in [5, 5.41) is 12.4. The Morgan fingerprint density at radius 2 is 2.10 bits per heavy atom. The van der Waals surface area contributed by atoms with Crippen molar-refractivity contribution >= 4 is 11.8 Å². The van der Waals surface area contributed by atoms with Gasteiger partial charge in [-0.15, -0.1) is 0 Å². The number of carbonyl (C=O) groups is 1. The summed E-state index contributed by atoms with van der Waals surface area (Å²) in [6.45, 7) is 0.536. The fourth-order valence-corrected chi connectivity index (χ4v) is 2.46. The minimum Gasteiger partial charge on any atom is -0.478 e. The average molecular weight is 269 g/mol. The minimum absolute atomic E-state index is 0.250. The van der Waals surface area contributed by atoms with Crippen molar-refractivity contribution in [1.82, 2.24) is 9.97 Å². The van der Waals surface area contributed by atoms with Crippen molar-refractivity contribution < 1.29 is 9.90 Å². The first-order valence-corrected chi connectivity index (χ1v) is 6.63. The Bertz CT molecular complexity index is 641. The van der Waals surface area contributed by atoms with Gasteiger partial charge in [0.2, 0.25) is 0 Å². The molecule has 0 bridgehead atoms. The van der Waals surface area contributed by atoms with E-state index >= 15 is 0 Å². The van der Waals surface area contributed by atoms with Crippen LogP contribution in [0.4, 0.5) is 5.82 Å². The second-order valence-corrected chi connectivity index (χ2v) is 4.86. The van der Waals surface area contributed by atoms with E-state index in [2.05, 4.69) is 15.3 Å². The van der Waals surface area contributed by atoms with Crippen LogP contribution in [0.25, 0.3) is 0 Å². The van der Waals surface area contributed by atoms with Crippen molar-refractivity contribution in [3.63, 3.8) is 0 Å². The van der Waals surface area contributed by atoms with E-state index in [0.717, 1.165) is 36.1 Å². The van der Waals surface area contributed by atoms with Crippen LogP contribution in [0.1, 0.15) is 33.6 Å². The van der Waals surface area contributed by atoms with Crippen LogP contribution in [0.15, 0.2) is 30.6 Å². The average Bonchev–Trinajstić information content (AvgIpc) is 2.92. The number of hydrogen-bond acceptors (Lipinski definition) is 4. The van der Waals surface area contributed by atoms with Crippen LogP contribution in [-0.4, -0.2) is 21.0 Å². The number of nitrogens with zero attached hydrogens (tertiary/aromatic N) is 2. The molecule has 20 heavy (non-hydrogen) atoms. The summed E-state index contributed by atoms with van der Waals surface area (Å²) >= 11 is 0. The second kappa shape index (κ2) is 5.28. The van der Waals surface area contributed by atoms with Gasteiger partial charge in [-0.1, -0.05) is 0 Å². The molecule has 2 N–H and O–H groups in total. The summed E-state index contributed by atoms with van der Waals surface area (Å²) in [5.41, 5.74) is 3.38. The van der Waals surface area contributed by atoms with E-state index in [1.807, 2.05) is 12.1 Å². The van der Waals surface area contributed by atoms with Gasteiger partial charge in [-0.05, 0) is 48.6 Å². The number of anilines is 1. The molecule has 0 radical (unpaired) electrons. The number of hydrogen-bond donors (Lipinski definition) is 2. The summed E-state index contributed by atoms with van der Waals surface area (Å²) in [6.07, 6.45) is 6.33. The maximum Gasteiger partial charge on any atom is 0.339 e. The lowest BCUT2D eigenvalue weighted by molar-refractivity contribution is 0.0697. The quantitative estimate of drug-likeness (QED) is 0.890. The third-order valence-electron chi connectivity index (χ3n) is 3.49. The number of carboxylic acids is 1. The standard InChI is InChI=1S/C15H15N3O2/c19-15(20)12-8-11-2-1-3-13(11)18-14(12)17-9-10-4-6-16-7-5-10/h4-8H,1-3,9H2,(H,17,18)(H,19,20). The largest absolute Gasteiger partial charge is 0.478 e. The first-order valence-electron chi connectivity index (χ1n) is 6.63. The summed E-state index contributed by atoms with van der Waals surface area (Å²) < 4.78 is 0. The van der Waals surface area contributed by atoms with Crippen molar-refractivity contribution in [2.75, 3.05) is 5.32 Å². The molecular formula is C15H15N3O2. The van der Waals surface area contributed by atoms with E-state index in [1.165, 1.54) is 0 Å². The number of aryl methyl sites for hydroxylation is 2. The fourth-order valence-electron chi connectivity index (χ4n) is 2.46.